The van der Waals surface area contributed by atoms with Crippen molar-refractivity contribution in [1.82, 2.24) is 10.6 Å². The lowest BCUT2D eigenvalue weighted by molar-refractivity contribution is -0.154. The van der Waals surface area contributed by atoms with E-state index in [0.29, 0.717) is 16.9 Å². The van der Waals surface area contributed by atoms with E-state index in [2.05, 4.69) is 10.6 Å². The summed E-state index contributed by atoms with van der Waals surface area (Å²) in [6.45, 7) is 2.78. The third-order valence-electron chi connectivity index (χ3n) is 4.15. The SMILES string of the molecule is COc1ccc(C(=O)NCC(=O)O[C@H](C)C(=O)N[C@H](C)c2ccc(F)cc2)cc1. The molecule has 0 unspecified atom stereocenters. The number of amides is 2. The van der Waals surface area contributed by atoms with Crippen LogP contribution in [0, 0.1) is 5.82 Å². The van der Waals surface area contributed by atoms with E-state index in [4.69, 9.17) is 9.47 Å². The van der Waals surface area contributed by atoms with E-state index in [1.165, 1.54) is 26.2 Å². The normalized spacial score (nSPS) is 12.4. The van der Waals surface area contributed by atoms with Crippen molar-refractivity contribution in [2.75, 3.05) is 13.7 Å². The average molecular weight is 402 g/mol. The van der Waals surface area contributed by atoms with Gasteiger partial charge in [-0.1, -0.05) is 12.1 Å². The number of ether oxygens (including phenoxy) is 2. The van der Waals surface area contributed by atoms with Crippen LogP contribution in [0.5, 0.6) is 5.75 Å². The lowest BCUT2D eigenvalue weighted by atomic mass is 10.1. The van der Waals surface area contributed by atoms with Crippen LogP contribution in [0.2, 0.25) is 0 Å². The van der Waals surface area contributed by atoms with Crippen LogP contribution in [0.25, 0.3) is 0 Å². The summed E-state index contributed by atoms with van der Waals surface area (Å²) >= 11 is 0. The van der Waals surface area contributed by atoms with Crippen LogP contribution < -0.4 is 15.4 Å². The molecule has 0 aliphatic heterocycles. The van der Waals surface area contributed by atoms with E-state index in [-0.39, 0.29) is 18.4 Å². The topological polar surface area (TPSA) is 93.7 Å². The molecule has 0 aromatic heterocycles. The molecule has 0 aliphatic carbocycles. The van der Waals surface area contributed by atoms with Crippen molar-refractivity contribution in [3.63, 3.8) is 0 Å². The van der Waals surface area contributed by atoms with Gasteiger partial charge < -0.3 is 20.1 Å². The zero-order valence-corrected chi connectivity index (χ0v) is 16.4. The Balaban J connectivity index is 1.78. The Kier molecular flexibility index (Phi) is 7.70. The summed E-state index contributed by atoms with van der Waals surface area (Å²) in [4.78, 5) is 36.1. The maximum Gasteiger partial charge on any atom is 0.326 e. The van der Waals surface area contributed by atoms with Crippen molar-refractivity contribution >= 4 is 17.8 Å². The largest absolute Gasteiger partial charge is 0.497 e. The number of carbonyl (C=O) groups excluding carboxylic acids is 3. The lowest BCUT2D eigenvalue weighted by Gasteiger charge is -2.18. The van der Waals surface area contributed by atoms with Gasteiger partial charge in [0.05, 0.1) is 13.2 Å². The Morgan fingerprint density at radius 1 is 1.00 bits per heavy atom. The van der Waals surface area contributed by atoms with Crippen LogP contribution in [-0.2, 0) is 14.3 Å². The Labute approximate surface area is 168 Å². The molecule has 0 spiro atoms. The molecule has 2 atom stereocenters. The van der Waals surface area contributed by atoms with Gasteiger partial charge >= 0.3 is 5.97 Å². The van der Waals surface area contributed by atoms with Crippen molar-refractivity contribution in [2.45, 2.75) is 26.0 Å². The van der Waals surface area contributed by atoms with Gasteiger partial charge in [0.2, 0.25) is 0 Å². The molecule has 0 saturated heterocycles. The first-order valence-electron chi connectivity index (χ1n) is 8.97. The molecule has 0 radical (unpaired) electrons. The Hall–Kier alpha value is -3.42. The number of rotatable bonds is 8. The molecule has 154 valence electrons. The third kappa shape index (κ3) is 6.60. The minimum absolute atomic E-state index is 0.359. The monoisotopic (exact) mass is 402 g/mol. The van der Waals surface area contributed by atoms with Gasteiger partial charge in [0.25, 0.3) is 11.8 Å². The van der Waals surface area contributed by atoms with E-state index in [1.807, 2.05) is 0 Å². The van der Waals surface area contributed by atoms with Gasteiger partial charge in [-0.25, -0.2) is 4.39 Å². The van der Waals surface area contributed by atoms with Crippen LogP contribution >= 0.6 is 0 Å². The highest BCUT2D eigenvalue weighted by Crippen LogP contribution is 2.13. The average Bonchev–Trinajstić information content (AvgIpc) is 2.72. The fraction of sp³-hybridized carbons (Fsp3) is 0.286. The maximum atomic E-state index is 13.0. The van der Waals surface area contributed by atoms with E-state index < -0.39 is 23.9 Å². The third-order valence-corrected chi connectivity index (χ3v) is 4.15. The number of hydrogen-bond acceptors (Lipinski definition) is 5. The quantitative estimate of drug-likeness (QED) is 0.662. The summed E-state index contributed by atoms with van der Waals surface area (Å²) in [6.07, 6.45) is -1.05. The van der Waals surface area contributed by atoms with Crippen LogP contribution in [0.1, 0.15) is 35.8 Å². The molecule has 2 amide bonds. The molecule has 29 heavy (non-hydrogen) atoms. The van der Waals surface area contributed by atoms with Gasteiger partial charge in [-0.05, 0) is 55.8 Å². The minimum atomic E-state index is -1.05. The fourth-order valence-corrected chi connectivity index (χ4v) is 2.45. The summed E-state index contributed by atoms with van der Waals surface area (Å²) in [7, 11) is 1.52. The highest BCUT2D eigenvalue weighted by molar-refractivity contribution is 5.96. The standard InChI is InChI=1S/C21H23FN2O5/c1-13(15-4-8-17(22)9-5-15)24-20(26)14(2)29-19(25)12-23-21(27)16-6-10-18(28-3)11-7-16/h4-11,13-14H,12H2,1-3H3,(H,23,27)(H,24,26)/t13-,14-/m1/s1. The molecule has 0 fully saturated rings. The van der Waals surface area contributed by atoms with Gasteiger partial charge in [-0.2, -0.15) is 0 Å². The predicted molar refractivity (Wildman–Crippen MR) is 104 cm³/mol. The highest BCUT2D eigenvalue weighted by Gasteiger charge is 2.20. The number of methoxy groups -OCH3 is 1. The smallest absolute Gasteiger partial charge is 0.326 e. The van der Waals surface area contributed by atoms with Crippen molar-refractivity contribution in [2.24, 2.45) is 0 Å². The molecule has 0 heterocycles. The van der Waals surface area contributed by atoms with Crippen molar-refractivity contribution in [3.8, 4) is 5.75 Å². The van der Waals surface area contributed by atoms with Crippen LogP contribution in [0.15, 0.2) is 48.5 Å². The predicted octanol–water partition coefficient (Wildman–Crippen LogP) is 2.37. The molecule has 0 bridgehead atoms. The van der Waals surface area contributed by atoms with Gasteiger partial charge in [-0.15, -0.1) is 0 Å². The van der Waals surface area contributed by atoms with Gasteiger partial charge in [-0.3, -0.25) is 14.4 Å². The molecular weight excluding hydrogens is 379 g/mol. The summed E-state index contributed by atoms with van der Waals surface area (Å²) in [5.74, 6) is -1.46. The van der Waals surface area contributed by atoms with E-state index in [1.54, 1.807) is 43.3 Å². The highest BCUT2D eigenvalue weighted by atomic mass is 19.1. The van der Waals surface area contributed by atoms with Crippen molar-refractivity contribution in [1.29, 1.82) is 0 Å². The molecule has 0 saturated carbocycles. The van der Waals surface area contributed by atoms with Crippen LogP contribution in [0.3, 0.4) is 0 Å². The number of carbonyl (C=O) groups is 3. The van der Waals surface area contributed by atoms with E-state index >= 15 is 0 Å². The van der Waals surface area contributed by atoms with Crippen LogP contribution in [-0.4, -0.2) is 37.5 Å². The first kappa shape index (κ1) is 21.9. The Morgan fingerprint density at radius 2 is 1.62 bits per heavy atom. The first-order chi connectivity index (χ1) is 13.8. The number of halogens is 1. The maximum absolute atomic E-state index is 13.0. The molecule has 2 aromatic rings. The molecule has 2 N–H and O–H groups in total. The number of esters is 1. The summed E-state index contributed by atoms with van der Waals surface area (Å²) in [6, 6.07) is 11.7. The summed E-state index contributed by atoms with van der Waals surface area (Å²) < 4.78 is 23.0. The number of benzene rings is 2. The first-order valence-corrected chi connectivity index (χ1v) is 8.97. The number of nitrogens with one attached hydrogen (secondary N) is 2. The van der Waals surface area contributed by atoms with Gasteiger partial charge in [0.1, 0.15) is 18.1 Å². The van der Waals surface area contributed by atoms with Crippen molar-refractivity contribution in [3.05, 3.63) is 65.5 Å². The van der Waals surface area contributed by atoms with E-state index in [9.17, 15) is 18.8 Å². The lowest BCUT2D eigenvalue weighted by Crippen LogP contribution is -2.39. The van der Waals surface area contributed by atoms with E-state index in [0.717, 1.165) is 0 Å². The fourth-order valence-electron chi connectivity index (χ4n) is 2.45. The summed E-state index contributed by atoms with van der Waals surface area (Å²) in [5.41, 5.74) is 1.07. The second-order valence-electron chi connectivity index (χ2n) is 6.33. The van der Waals surface area contributed by atoms with Crippen molar-refractivity contribution < 1.29 is 28.2 Å². The molecule has 8 heteroatoms. The zero-order chi connectivity index (χ0) is 21.4. The summed E-state index contributed by atoms with van der Waals surface area (Å²) in [5, 5.41) is 5.12. The molecule has 2 aromatic carbocycles. The second-order valence-corrected chi connectivity index (χ2v) is 6.33. The minimum Gasteiger partial charge on any atom is -0.497 e. The molecule has 7 nitrogen and oxygen atoms in total. The number of hydrogen-bond donors (Lipinski definition) is 2. The van der Waals surface area contributed by atoms with Crippen LogP contribution in [0.4, 0.5) is 4.39 Å². The Morgan fingerprint density at radius 3 is 2.21 bits per heavy atom. The zero-order valence-electron chi connectivity index (χ0n) is 16.4. The molecular formula is C21H23FN2O5. The molecule has 0 aliphatic rings. The molecule has 2 rings (SSSR count). The Bertz CT molecular complexity index is 852. The van der Waals surface area contributed by atoms with Gasteiger partial charge in [0.15, 0.2) is 6.10 Å². The second kappa shape index (κ2) is 10.2. The van der Waals surface area contributed by atoms with Gasteiger partial charge in [0, 0.05) is 5.56 Å².